The molecule has 4 heteroatoms. The van der Waals surface area contributed by atoms with Crippen molar-refractivity contribution in [3.8, 4) is 0 Å². The van der Waals surface area contributed by atoms with Crippen molar-refractivity contribution in [3.05, 3.63) is 0 Å². The maximum Gasteiger partial charge on any atom is 0.0701 e. The Bertz CT molecular complexity index is 343. The van der Waals surface area contributed by atoms with Crippen LogP contribution in [0.2, 0.25) is 0 Å². The first-order valence-electron chi connectivity index (χ1n) is 8.76. The average Bonchev–Trinajstić information content (AvgIpc) is 3.02. The summed E-state index contributed by atoms with van der Waals surface area (Å²) in [5.74, 6) is 3.15. The van der Waals surface area contributed by atoms with Gasteiger partial charge in [0.2, 0.25) is 0 Å². The van der Waals surface area contributed by atoms with Crippen molar-refractivity contribution in [1.29, 1.82) is 0 Å². The minimum Gasteiger partial charge on any atom is -0.375 e. The second kappa shape index (κ2) is 6.38. The van der Waals surface area contributed by atoms with Gasteiger partial charge in [0.1, 0.15) is 0 Å². The number of ether oxygens (including phenoxy) is 1. The summed E-state index contributed by atoms with van der Waals surface area (Å²) in [6, 6.07) is 0.269. The fraction of sp³-hybridized carbons (Fsp3) is 1.00. The number of hydrogen-bond acceptors (Lipinski definition) is 4. The van der Waals surface area contributed by atoms with E-state index in [2.05, 4.69) is 30.5 Å². The first-order chi connectivity index (χ1) is 10.0. The average molecular weight is 313 g/mol. The molecule has 0 aliphatic carbocycles. The minimum atomic E-state index is 0.128. The molecule has 3 heterocycles. The van der Waals surface area contributed by atoms with Crippen molar-refractivity contribution < 1.29 is 4.74 Å². The molecule has 3 nitrogen and oxygen atoms in total. The van der Waals surface area contributed by atoms with Crippen LogP contribution in [-0.2, 0) is 4.74 Å². The van der Waals surface area contributed by atoms with E-state index in [1.807, 2.05) is 0 Å². The monoisotopic (exact) mass is 312 g/mol. The summed E-state index contributed by atoms with van der Waals surface area (Å²) in [4.78, 5) is 2.62. The summed E-state index contributed by atoms with van der Waals surface area (Å²) in [6.07, 6.45) is 7.46. The zero-order chi connectivity index (χ0) is 14.9. The van der Waals surface area contributed by atoms with E-state index < -0.39 is 0 Å². The molecule has 21 heavy (non-hydrogen) atoms. The molecule has 3 fully saturated rings. The molecular formula is C17H32N2OS. The zero-order valence-corrected chi connectivity index (χ0v) is 14.6. The molecule has 0 aromatic carbocycles. The van der Waals surface area contributed by atoms with Crippen LogP contribution >= 0.6 is 11.8 Å². The molecule has 0 aromatic heterocycles. The van der Waals surface area contributed by atoms with E-state index in [1.54, 1.807) is 0 Å². The Balaban J connectivity index is 1.67. The summed E-state index contributed by atoms with van der Waals surface area (Å²) in [5.41, 5.74) is 7.08. The van der Waals surface area contributed by atoms with E-state index in [1.165, 1.54) is 56.7 Å². The van der Waals surface area contributed by atoms with E-state index in [0.717, 1.165) is 13.0 Å². The normalized spacial score (nSPS) is 32.4. The Morgan fingerprint density at radius 2 is 1.90 bits per heavy atom. The van der Waals surface area contributed by atoms with Crippen molar-refractivity contribution in [2.75, 3.05) is 31.2 Å². The molecule has 0 radical (unpaired) electrons. The largest absolute Gasteiger partial charge is 0.375 e. The predicted octanol–water partition coefficient (Wildman–Crippen LogP) is 2.88. The molecule has 3 aliphatic rings. The quantitative estimate of drug-likeness (QED) is 0.870. The molecule has 2 unspecified atom stereocenters. The van der Waals surface area contributed by atoms with Gasteiger partial charge in [-0.15, -0.1) is 0 Å². The molecular weight excluding hydrogens is 280 g/mol. The van der Waals surface area contributed by atoms with Gasteiger partial charge in [-0.2, -0.15) is 11.8 Å². The Morgan fingerprint density at radius 3 is 2.57 bits per heavy atom. The van der Waals surface area contributed by atoms with Gasteiger partial charge in [-0.25, -0.2) is 0 Å². The fourth-order valence-corrected chi connectivity index (χ4v) is 5.78. The number of likely N-dealkylation sites (tertiary alicyclic amines) is 1. The van der Waals surface area contributed by atoms with Crippen LogP contribution in [0.15, 0.2) is 0 Å². The Hall–Kier alpha value is 0.230. The van der Waals surface area contributed by atoms with Crippen molar-refractivity contribution in [3.63, 3.8) is 0 Å². The van der Waals surface area contributed by atoms with Crippen molar-refractivity contribution in [1.82, 2.24) is 4.90 Å². The third-order valence-electron chi connectivity index (χ3n) is 6.18. The van der Waals surface area contributed by atoms with Gasteiger partial charge >= 0.3 is 0 Å². The van der Waals surface area contributed by atoms with Gasteiger partial charge in [0.25, 0.3) is 0 Å². The summed E-state index contributed by atoms with van der Waals surface area (Å²) < 4.78 is 6.24. The van der Waals surface area contributed by atoms with E-state index in [4.69, 9.17) is 10.5 Å². The molecule has 0 saturated carbocycles. The standard InChI is InChI=1S/C17H32N2OS/c1-16(2,19-8-3-4-9-19)15(18)14-5-10-20-17(13-14)6-11-21-12-7-17/h14-15H,3-13,18H2,1-2H3. The van der Waals surface area contributed by atoms with Gasteiger partial charge < -0.3 is 10.5 Å². The molecule has 1 spiro atoms. The highest BCUT2D eigenvalue weighted by atomic mass is 32.2. The number of rotatable bonds is 3. The first-order valence-corrected chi connectivity index (χ1v) is 9.91. The van der Waals surface area contributed by atoms with Crippen LogP contribution < -0.4 is 5.73 Å². The summed E-state index contributed by atoms with van der Waals surface area (Å²) in [7, 11) is 0. The lowest BCUT2D eigenvalue weighted by Gasteiger charge is -2.49. The molecule has 122 valence electrons. The third kappa shape index (κ3) is 3.29. The lowest BCUT2D eigenvalue weighted by molar-refractivity contribution is -0.112. The minimum absolute atomic E-state index is 0.128. The van der Waals surface area contributed by atoms with Crippen LogP contribution in [0.5, 0.6) is 0 Å². The SMILES string of the molecule is CC(C)(C(N)C1CCOC2(CCSCC2)C1)N1CCCC1. The Morgan fingerprint density at radius 1 is 1.24 bits per heavy atom. The van der Waals surface area contributed by atoms with Crippen molar-refractivity contribution >= 4 is 11.8 Å². The van der Waals surface area contributed by atoms with E-state index in [-0.39, 0.29) is 17.2 Å². The lowest BCUT2D eigenvalue weighted by Crippen LogP contribution is -2.60. The molecule has 0 bridgehead atoms. The lowest BCUT2D eigenvalue weighted by atomic mass is 9.73. The van der Waals surface area contributed by atoms with E-state index in [9.17, 15) is 0 Å². The molecule has 0 aromatic rings. The van der Waals surface area contributed by atoms with Crippen LogP contribution in [0.1, 0.15) is 52.4 Å². The molecule has 2 atom stereocenters. The van der Waals surface area contributed by atoms with Gasteiger partial charge in [0, 0.05) is 18.2 Å². The van der Waals surface area contributed by atoms with Gasteiger partial charge in [-0.3, -0.25) is 4.90 Å². The number of thioether (sulfide) groups is 1. The summed E-state index contributed by atoms with van der Waals surface area (Å²) >= 11 is 2.08. The fourth-order valence-electron chi connectivity index (χ4n) is 4.55. The second-order valence-corrected chi connectivity index (χ2v) is 9.00. The highest BCUT2D eigenvalue weighted by Crippen LogP contribution is 2.42. The second-order valence-electron chi connectivity index (χ2n) is 7.77. The predicted molar refractivity (Wildman–Crippen MR) is 90.8 cm³/mol. The highest BCUT2D eigenvalue weighted by molar-refractivity contribution is 7.99. The van der Waals surface area contributed by atoms with Gasteiger partial charge in [-0.05, 0) is 82.9 Å². The van der Waals surface area contributed by atoms with Gasteiger partial charge in [0.15, 0.2) is 0 Å². The number of nitrogens with zero attached hydrogens (tertiary/aromatic N) is 1. The van der Waals surface area contributed by atoms with Gasteiger partial charge in [-0.1, -0.05) is 0 Å². The van der Waals surface area contributed by atoms with Crippen LogP contribution in [0, 0.1) is 5.92 Å². The molecule has 0 amide bonds. The van der Waals surface area contributed by atoms with Crippen LogP contribution in [0.4, 0.5) is 0 Å². The molecule has 3 saturated heterocycles. The van der Waals surface area contributed by atoms with Crippen molar-refractivity contribution in [2.45, 2.75) is 69.6 Å². The smallest absolute Gasteiger partial charge is 0.0701 e. The maximum atomic E-state index is 6.79. The number of nitrogens with two attached hydrogens (primary N) is 1. The van der Waals surface area contributed by atoms with Gasteiger partial charge in [0.05, 0.1) is 5.60 Å². The highest BCUT2D eigenvalue weighted by Gasteiger charge is 2.45. The van der Waals surface area contributed by atoms with E-state index >= 15 is 0 Å². The Kier molecular flexibility index (Phi) is 4.90. The number of hydrogen-bond donors (Lipinski definition) is 1. The van der Waals surface area contributed by atoms with E-state index in [0.29, 0.717) is 5.92 Å². The third-order valence-corrected chi connectivity index (χ3v) is 7.17. The molecule has 3 aliphatic heterocycles. The molecule has 3 rings (SSSR count). The van der Waals surface area contributed by atoms with Crippen LogP contribution in [0.25, 0.3) is 0 Å². The van der Waals surface area contributed by atoms with Crippen molar-refractivity contribution in [2.24, 2.45) is 11.7 Å². The van der Waals surface area contributed by atoms with Crippen LogP contribution in [-0.4, -0.2) is 53.3 Å². The Labute approximate surface area is 134 Å². The topological polar surface area (TPSA) is 38.5 Å². The van der Waals surface area contributed by atoms with Crippen LogP contribution in [0.3, 0.4) is 0 Å². The summed E-state index contributed by atoms with van der Waals surface area (Å²) in [5, 5.41) is 0. The molecule has 2 N–H and O–H groups in total. The maximum absolute atomic E-state index is 6.79. The first kappa shape index (κ1) is 16.1. The summed E-state index contributed by atoms with van der Waals surface area (Å²) in [6.45, 7) is 8.10. The zero-order valence-electron chi connectivity index (χ0n) is 13.8.